The molecule has 0 aliphatic heterocycles. The van der Waals surface area contributed by atoms with Gasteiger partial charge in [0.05, 0.1) is 27.9 Å². The van der Waals surface area contributed by atoms with Crippen molar-refractivity contribution < 1.29 is 4.39 Å². The molecule has 6 heteroatoms. The summed E-state index contributed by atoms with van der Waals surface area (Å²) in [6, 6.07) is 11.4. The maximum Gasteiger partial charge on any atom is 0.206 e. The highest BCUT2D eigenvalue weighted by Crippen LogP contribution is 2.29. The minimum absolute atomic E-state index is 0.113. The van der Waals surface area contributed by atoms with Crippen LogP contribution in [0.2, 0.25) is 5.02 Å². The van der Waals surface area contributed by atoms with Gasteiger partial charge in [0.15, 0.2) is 5.82 Å². The molecule has 0 aliphatic carbocycles. The van der Waals surface area contributed by atoms with Crippen molar-refractivity contribution in [3.63, 3.8) is 0 Å². The van der Waals surface area contributed by atoms with Gasteiger partial charge in [-0.05, 0) is 30.3 Å². The molecule has 2 N–H and O–H groups in total. The second-order valence-corrected chi connectivity index (χ2v) is 4.60. The van der Waals surface area contributed by atoms with E-state index in [0.29, 0.717) is 21.8 Å². The lowest BCUT2D eigenvalue weighted by Gasteiger charge is -2.09. The molecule has 0 saturated heterocycles. The lowest BCUT2D eigenvalue weighted by molar-refractivity contribution is 0.637. The topological polar surface area (TPSA) is 67.6 Å². The molecular weight excluding hydrogens is 279 g/mol. The minimum Gasteiger partial charge on any atom is -0.369 e. The van der Waals surface area contributed by atoms with Gasteiger partial charge in [-0.3, -0.25) is 4.57 Å². The molecule has 0 spiro atoms. The number of nitriles is 1. The van der Waals surface area contributed by atoms with Gasteiger partial charge in [-0.25, -0.2) is 9.37 Å². The number of nitrogen functional groups attached to an aromatic ring is 1. The fourth-order valence-corrected chi connectivity index (χ4v) is 2.29. The summed E-state index contributed by atoms with van der Waals surface area (Å²) in [7, 11) is 0. The Hall–Kier alpha value is -2.58. The first-order valence-electron chi connectivity index (χ1n) is 5.74. The van der Waals surface area contributed by atoms with Crippen molar-refractivity contribution in [2.45, 2.75) is 0 Å². The van der Waals surface area contributed by atoms with E-state index >= 15 is 0 Å². The van der Waals surface area contributed by atoms with Crippen molar-refractivity contribution >= 4 is 28.6 Å². The predicted octanol–water partition coefficient (Wildman–Crippen LogP) is 3.27. The Morgan fingerprint density at radius 1 is 1.30 bits per heavy atom. The first-order chi connectivity index (χ1) is 9.61. The van der Waals surface area contributed by atoms with Crippen LogP contribution in [0.3, 0.4) is 0 Å². The Labute approximate surface area is 118 Å². The predicted molar refractivity (Wildman–Crippen MR) is 75.2 cm³/mol. The van der Waals surface area contributed by atoms with Crippen molar-refractivity contribution in [1.82, 2.24) is 9.55 Å². The third-order valence-electron chi connectivity index (χ3n) is 2.98. The highest BCUT2D eigenvalue weighted by Gasteiger charge is 2.15. The largest absolute Gasteiger partial charge is 0.369 e. The third-order valence-corrected chi connectivity index (χ3v) is 3.30. The van der Waals surface area contributed by atoms with Crippen LogP contribution in [0, 0.1) is 17.1 Å². The number of rotatable bonds is 1. The van der Waals surface area contributed by atoms with Gasteiger partial charge in [-0.2, -0.15) is 5.26 Å². The summed E-state index contributed by atoms with van der Waals surface area (Å²) in [4.78, 5) is 4.01. The maximum atomic E-state index is 13.7. The molecule has 98 valence electrons. The Bertz CT molecular complexity index is 863. The number of nitrogens with two attached hydrogens (primary N) is 1. The second kappa shape index (κ2) is 4.51. The van der Waals surface area contributed by atoms with Crippen molar-refractivity contribution in [2.75, 3.05) is 5.73 Å². The smallest absolute Gasteiger partial charge is 0.206 e. The summed E-state index contributed by atoms with van der Waals surface area (Å²) in [5.41, 5.74) is 7.46. The number of imidazole rings is 1. The SMILES string of the molecule is N#Cc1ccc(Cl)c(-n2c(N)nc3c(F)cccc32)c1. The first-order valence-corrected chi connectivity index (χ1v) is 6.12. The molecule has 0 bridgehead atoms. The Morgan fingerprint density at radius 3 is 2.85 bits per heavy atom. The summed E-state index contributed by atoms with van der Waals surface area (Å²) < 4.78 is 15.3. The van der Waals surface area contributed by atoms with Crippen LogP contribution in [0.15, 0.2) is 36.4 Å². The van der Waals surface area contributed by atoms with E-state index in [4.69, 9.17) is 22.6 Å². The zero-order valence-corrected chi connectivity index (χ0v) is 10.9. The van der Waals surface area contributed by atoms with Crippen LogP contribution in [0.4, 0.5) is 10.3 Å². The molecule has 3 aromatic rings. The standard InChI is InChI=1S/C14H8ClFN4/c15-9-5-4-8(7-17)6-12(9)20-11-3-1-2-10(16)13(11)19-14(20)18/h1-6H,(H2,18,19). The highest BCUT2D eigenvalue weighted by molar-refractivity contribution is 6.32. The van der Waals surface area contributed by atoms with Crippen LogP contribution in [0.1, 0.15) is 5.56 Å². The van der Waals surface area contributed by atoms with Gasteiger partial charge in [0.2, 0.25) is 5.95 Å². The molecule has 0 amide bonds. The summed E-state index contributed by atoms with van der Waals surface area (Å²) in [6.45, 7) is 0. The third kappa shape index (κ3) is 1.78. The molecule has 1 aromatic heterocycles. The van der Waals surface area contributed by atoms with E-state index in [1.165, 1.54) is 10.6 Å². The molecule has 3 rings (SSSR count). The van der Waals surface area contributed by atoms with Crippen LogP contribution in [0.5, 0.6) is 0 Å². The maximum absolute atomic E-state index is 13.7. The quantitative estimate of drug-likeness (QED) is 0.746. The number of halogens is 2. The molecule has 2 aromatic carbocycles. The van der Waals surface area contributed by atoms with E-state index in [0.717, 1.165) is 0 Å². The normalized spacial score (nSPS) is 10.7. The molecule has 0 aliphatic rings. The first kappa shape index (κ1) is 12.5. The molecule has 0 radical (unpaired) electrons. The van der Waals surface area contributed by atoms with E-state index in [9.17, 15) is 4.39 Å². The average molecular weight is 287 g/mol. The Kier molecular flexibility index (Phi) is 2.81. The van der Waals surface area contributed by atoms with E-state index in [1.807, 2.05) is 6.07 Å². The Balaban J connectivity index is 2.38. The zero-order chi connectivity index (χ0) is 14.3. The summed E-state index contributed by atoms with van der Waals surface area (Å²) in [6.07, 6.45) is 0. The summed E-state index contributed by atoms with van der Waals surface area (Å²) in [5, 5.41) is 9.37. The lowest BCUT2D eigenvalue weighted by Crippen LogP contribution is -2.01. The minimum atomic E-state index is -0.458. The van der Waals surface area contributed by atoms with Crippen LogP contribution in [-0.4, -0.2) is 9.55 Å². The molecular formula is C14H8ClFN4. The van der Waals surface area contributed by atoms with Crippen molar-refractivity contribution in [3.05, 3.63) is 52.8 Å². The number of para-hydroxylation sites is 1. The summed E-state index contributed by atoms with van der Waals surface area (Å²) in [5.74, 6) is -0.345. The van der Waals surface area contributed by atoms with Gasteiger partial charge in [0, 0.05) is 0 Å². The molecule has 4 nitrogen and oxygen atoms in total. The fourth-order valence-electron chi connectivity index (χ4n) is 2.09. The van der Waals surface area contributed by atoms with Gasteiger partial charge < -0.3 is 5.73 Å². The molecule has 0 fully saturated rings. The second-order valence-electron chi connectivity index (χ2n) is 4.19. The van der Waals surface area contributed by atoms with Gasteiger partial charge in [-0.15, -0.1) is 0 Å². The Morgan fingerprint density at radius 2 is 2.10 bits per heavy atom. The number of fused-ring (bicyclic) bond motifs is 1. The molecule has 0 atom stereocenters. The zero-order valence-electron chi connectivity index (χ0n) is 10.1. The number of anilines is 1. The molecule has 0 unspecified atom stereocenters. The number of benzene rings is 2. The van der Waals surface area contributed by atoms with E-state index in [2.05, 4.69) is 4.98 Å². The fraction of sp³-hybridized carbons (Fsp3) is 0. The van der Waals surface area contributed by atoms with Crippen LogP contribution < -0.4 is 5.73 Å². The average Bonchev–Trinajstić information content (AvgIpc) is 2.77. The number of hydrogen-bond acceptors (Lipinski definition) is 3. The van der Waals surface area contributed by atoms with Crippen LogP contribution >= 0.6 is 11.6 Å². The van der Waals surface area contributed by atoms with Crippen molar-refractivity contribution in [2.24, 2.45) is 0 Å². The van der Waals surface area contributed by atoms with Gasteiger partial charge in [0.1, 0.15) is 5.52 Å². The van der Waals surface area contributed by atoms with Crippen LogP contribution in [0.25, 0.3) is 16.7 Å². The van der Waals surface area contributed by atoms with Gasteiger partial charge >= 0.3 is 0 Å². The van der Waals surface area contributed by atoms with Crippen LogP contribution in [-0.2, 0) is 0 Å². The van der Waals surface area contributed by atoms with E-state index in [-0.39, 0.29) is 11.5 Å². The molecule has 1 heterocycles. The number of hydrogen-bond donors (Lipinski definition) is 1. The summed E-state index contributed by atoms with van der Waals surface area (Å²) >= 11 is 6.15. The van der Waals surface area contributed by atoms with E-state index < -0.39 is 5.82 Å². The van der Waals surface area contributed by atoms with Gasteiger partial charge in [0.25, 0.3) is 0 Å². The van der Waals surface area contributed by atoms with Gasteiger partial charge in [-0.1, -0.05) is 17.7 Å². The molecule has 0 saturated carbocycles. The highest BCUT2D eigenvalue weighted by atomic mass is 35.5. The monoisotopic (exact) mass is 286 g/mol. The molecule has 20 heavy (non-hydrogen) atoms. The van der Waals surface area contributed by atoms with Crippen molar-refractivity contribution in [3.8, 4) is 11.8 Å². The number of nitrogens with zero attached hydrogens (tertiary/aromatic N) is 3. The van der Waals surface area contributed by atoms with Crippen molar-refractivity contribution in [1.29, 1.82) is 5.26 Å². The number of aromatic nitrogens is 2. The van der Waals surface area contributed by atoms with E-state index in [1.54, 1.807) is 30.3 Å². The lowest BCUT2D eigenvalue weighted by atomic mass is 10.2.